The fraction of sp³-hybridized carbons (Fsp3) is 0.400. The predicted molar refractivity (Wildman–Crippen MR) is 131 cm³/mol. The van der Waals surface area contributed by atoms with Crippen LogP contribution >= 0.6 is 0 Å². The van der Waals surface area contributed by atoms with Crippen molar-refractivity contribution < 1.29 is 5.11 Å². The van der Waals surface area contributed by atoms with E-state index in [9.17, 15) is 10.4 Å². The molecule has 4 aromatic rings. The van der Waals surface area contributed by atoms with Gasteiger partial charge in [-0.25, -0.2) is 14.6 Å². The van der Waals surface area contributed by atoms with E-state index in [2.05, 4.69) is 42.8 Å². The molecule has 0 amide bonds. The largest absolute Gasteiger partial charge is 0.396 e. The Labute approximate surface area is 208 Å². The molecule has 11 heteroatoms. The zero-order valence-corrected chi connectivity index (χ0v) is 19.9. The topological polar surface area (TPSA) is 154 Å². The van der Waals surface area contributed by atoms with Gasteiger partial charge < -0.3 is 10.4 Å². The second-order valence-corrected chi connectivity index (χ2v) is 9.18. The molecule has 0 unspecified atom stereocenters. The van der Waals surface area contributed by atoms with Crippen molar-refractivity contribution >= 4 is 16.7 Å². The highest BCUT2D eigenvalue weighted by molar-refractivity contribution is 5.77. The fourth-order valence-electron chi connectivity index (χ4n) is 4.78. The molecule has 1 aliphatic rings. The lowest BCUT2D eigenvalue weighted by Gasteiger charge is -2.26. The number of rotatable bonds is 7. The van der Waals surface area contributed by atoms with E-state index in [0.29, 0.717) is 40.2 Å². The third-order valence-corrected chi connectivity index (χ3v) is 6.75. The Morgan fingerprint density at radius 3 is 2.72 bits per heavy atom. The molecule has 0 radical (unpaired) electrons. The number of anilines is 1. The van der Waals surface area contributed by atoms with E-state index in [1.54, 1.807) is 40.8 Å². The average Bonchev–Trinajstić information content (AvgIpc) is 3.56. The Kier molecular flexibility index (Phi) is 6.56. The number of fused-ring (bicyclic) bond motifs is 1. The van der Waals surface area contributed by atoms with Crippen molar-refractivity contribution in [1.82, 2.24) is 34.7 Å². The molecule has 1 fully saturated rings. The molecule has 2 N–H and O–H groups in total. The van der Waals surface area contributed by atoms with Crippen LogP contribution in [0.2, 0.25) is 0 Å². The van der Waals surface area contributed by atoms with Gasteiger partial charge in [-0.2, -0.15) is 20.3 Å². The maximum absolute atomic E-state index is 9.40. The van der Waals surface area contributed by atoms with Gasteiger partial charge in [0.25, 0.3) is 0 Å². The van der Waals surface area contributed by atoms with Gasteiger partial charge in [0.15, 0.2) is 11.5 Å². The Hall–Kier alpha value is -4.35. The van der Waals surface area contributed by atoms with E-state index in [4.69, 9.17) is 5.26 Å². The molecule has 11 nitrogen and oxygen atoms in total. The first-order valence-electron chi connectivity index (χ1n) is 12.0. The van der Waals surface area contributed by atoms with Crippen molar-refractivity contribution in [3.63, 3.8) is 0 Å². The van der Waals surface area contributed by atoms with Crippen LogP contribution in [0.25, 0.3) is 22.5 Å². The van der Waals surface area contributed by atoms with Crippen molar-refractivity contribution in [2.24, 2.45) is 5.92 Å². The number of hydrogen-bond acceptors (Lipinski definition) is 9. The minimum atomic E-state index is -0.450. The summed E-state index contributed by atoms with van der Waals surface area (Å²) in [5.41, 5.74) is 3.31. The second-order valence-electron chi connectivity index (χ2n) is 9.18. The zero-order chi connectivity index (χ0) is 25.1. The van der Waals surface area contributed by atoms with E-state index in [1.807, 2.05) is 6.20 Å². The van der Waals surface area contributed by atoms with Gasteiger partial charge in [-0.1, -0.05) is 5.21 Å². The van der Waals surface area contributed by atoms with Crippen molar-refractivity contribution in [3.05, 3.63) is 48.2 Å². The van der Waals surface area contributed by atoms with Crippen LogP contribution in [-0.4, -0.2) is 52.5 Å². The average molecular weight is 483 g/mol. The maximum atomic E-state index is 9.40. The number of aliphatic hydroxyl groups is 1. The number of aromatic nitrogens is 7. The van der Waals surface area contributed by atoms with Gasteiger partial charge in [0, 0.05) is 30.2 Å². The first-order valence-corrected chi connectivity index (χ1v) is 12.0. The van der Waals surface area contributed by atoms with Gasteiger partial charge in [-0.3, -0.25) is 0 Å². The lowest BCUT2D eigenvalue weighted by atomic mass is 9.79. The van der Waals surface area contributed by atoms with E-state index in [1.165, 1.54) is 6.20 Å². The fourth-order valence-corrected chi connectivity index (χ4v) is 4.78. The molecule has 0 aromatic carbocycles. The molecule has 182 valence electrons. The Morgan fingerprint density at radius 1 is 1.14 bits per heavy atom. The molecule has 0 spiro atoms. The standard InChI is InChI=1S/C25H26N10O/c1-16(10-26)31-21-9-24(35-25-20(13-30-35)8-18(11-27)12-29-25)28-14-23(21)34-15-22(32-33-34)19-4-2-17(3-5-19)6-7-36/h8-9,12-17,19,36H,2-7H2,1H3,(H,28,31)/t16-,17?,19?/m1/s1. The van der Waals surface area contributed by atoms with E-state index >= 15 is 0 Å². The van der Waals surface area contributed by atoms with E-state index in [-0.39, 0.29) is 6.61 Å². The van der Waals surface area contributed by atoms with Crippen LogP contribution in [0, 0.1) is 28.6 Å². The molecule has 0 aliphatic heterocycles. The second kappa shape index (κ2) is 10.1. The summed E-state index contributed by atoms with van der Waals surface area (Å²) in [4.78, 5) is 8.97. The number of nitrogens with zero attached hydrogens (tertiary/aromatic N) is 9. The van der Waals surface area contributed by atoms with Crippen LogP contribution < -0.4 is 5.32 Å². The van der Waals surface area contributed by atoms with Gasteiger partial charge in [0.1, 0.15) is 17.8 Å². The predicted octanol–water partition coefficient (Wildman–Crippen LogP) is 3.25. The minimum absolute atomic E-state index is 0.247. The van der Waals surface area contributed by atoms with Crippen LogP contribution in [0.5, 0.6) is 0 Å². The van der Waals surface area contributed by atoms with Crippen LogP contribution in [0.15, 0.2) is 36.9 Å². The van der Waals surface area contributed by atoms with Gasteiger partial charge in [-0.15, -0.1) is 5.10 Å². The SMILES string of the molecule is C[C@H](C#N)Nc1cc(-n2ncc3cc(C#N)cnc32)ncc1-n1cc(C2CCC(CCO)CC2)nn1. The first kappa shape index (κ1) is 23.4. The Morgan fingerprint density at radius 2 is 1.97 bits per heavy atom. The van der Waals surface area contributed by atoms with Crippen LogP contribution in [0.1, 0.15) is 56.2 Å². The molecule has 36 heavy (non-hydrogen) atoms. The molecule has 1 atom stereocenters. The quantitative estimate of drug-likeness (QED) is 0.404. The Bertz CT molecular complexity index is 1450. The molecular formula is C25H26N10O. The van der Waals surface area contributed by atoms with Gasteiger partial charge in [-0.05, 0) is 51.0 Å². The normalized spacial score (nSPS) is 18.4. The van der Waals surface area contributed by atoms with E-state index in [0.717, 1.165) is 43.2 Å². The van der Waals surface area contributed by atoms with Gasteiger partial charge in [0.2, 0.25) is 0 Å². The lowest BCUT2D eigenvalue weighted by molar-refractivity contribution is 0.221. The Balaban J connectivity index is 1.46. The van der Waals surface area contributed by atoms with Crippen molar-refractivity contribution in [2.75, 3.05) is 11.9 Å². The molecule has 4 aromatic heterocycles. The lowest BCUT2D eigenvalue weighted by Crippen LogP contribution is -2.16. The smallest absolute Gasteiger partial charge is 0.164 e. The number of nitriles is 2. The number of pyridine rings is 2. The molecule has 1 saturated carbocycles. The zero-order valence-electron chi connectivity index (χ0n) is 19.9. The number of nitrogens with one attached hydrogen (secondary N) is 1. The van der Waals surface area contributed by atoms with Crippen LogP contribution in [0.3, 0.4) is 0 Å². The maximum Gasteiger partial charge on any atom is 0.164 e. The monoisotopic (exact) mass is 482 g/mol. The van der Waals surface area contributed by atoms with Gasteiger partial charge >= 0.3 is 0 Å². The molecule has 0 saturated heterocycles. The highest BCUT2D eigenvalue weighted by Crippen LogP contribution is 2.36. The van der Waals surface area contributed by atoms with Crippen molar-refractivity contribution in [3.8, 4) is 23.6 Å². The van der Waals surface area contributed by atoms with E-state index < -0.39 is 6.04 Å². The van der Waals surface area contributed by atoms with Crippen molar-refractivity contribution in [2.45, 2.75) is 51.0 Å². The highest BCUT2D eigenvalue weighted by atomic mass is 16.3. The summed E-state index contributed by atoms with van der Waals surface area (Å²) in [6.45, 7) is 2.02. The summed E-state index contributed by atoms with van der Waals surface area (Å²) >= 11 is 0. The molecule has 4 heterocycles. The third kappa shape index (κ3) is 4.61. The minimum Gasteiger partial charge on any atom is -0.396 e. The highest BCUT2D eigenvalue weighted by Gasteiger charge is 2.25. The summed E-state index contributed by atoms with van der Waals surface area (Å²) in [5.74, 6) is 1.44. The van der Waals surface area contributed by atoms with Crippen molar-refractivity contribution in [1.29, 1.82) is 10.5 Å². The van der Waals surface area contributed by atoms with Crippen LogP contribution in [0.4, 0.5) is 5.69 Å². The summed E-state index contributed by atoms with van der Waals surface area (Å²) in [6, 6.07) is 7.36. The molecule has 0 bridgehead atoms. The molecular weight excluding hydrogens is 456 g/mol. The molecule has 5 rings (SSSR count). The summed E-state index contributed by atoms with van der Waals surface area (Å²) < 4.78 is 3.29. The number of aliphatic hydroxyl groups excluding tert-OH is 1. The third-order valence-electron chi connectivity index (χ3n) is 6.75. The van der Waals surface area contributed by atoms with Gasteiger partial charge in [0.05, 0.1) is 41.6 Å². The number of hydrogen-bond donors (Lipinski definition) is 2. The first-order chi connectivity index (χ1) is 17.6. The van der Waals surface area contributed by atoms with Crippen LogP contribution in [-0.2, 0) is 0 Å². The summed E-state index contributed by atoms with van der Waals surface area (Å²) in [6.07, 6.45) is 11.9. The summed E-state index contributed by atoms with van der Waals surface area (Å²) in [7, 11) is 0. The summed E-state index contributed by atoms with van der Waals surface area (Å²) in [5, 5.41) is 44.9. The molecule has 1 aliphatic carbocycles.